The molecule has 0 fully saturated rings. The molecule has 0 aliphatic rings. The highest BCUT2D eigenvalue weighted by atomic mass is 32.2. The van der Waals surface area contributed by atoms with Crippen molar-refractivity contribution < 1.29 is 9.18 Å². The first-order valence-electron chi connectivity index (χ1n) is 10.4. The molecule has 1 atom stereocenters. The Labute approximate surface area is 200 Å². The molecule has 0 aliphatic heterocycles. The van der Waals surface area contributed by atoms with Crippen molar-refractivity contribution in [1.82, 2.24) is 25.0 Å². The van der Waals surface area contributed by atoms with Gasteiger partial charge >= 0.3 is 0 Å². The zero-order valence-corrected chi connectivity index (χ0v) is 19.9. The van der Waals surface area contributed by atoms with Crippen LogP contribution in [0.3, 0.4) is 0 Å². The van der Waals surface area contributed by atoms with Gasteiger partial charge < -0.3 is 10.2 Å². The highest BCUT2D eigenvalue weighted by Gasteiger charge is 2.20. The van der Waals surface area contributed by atoms with Crippen molar-refractivity contribution >= 4 is 29.0 Å². The fourth-order valence-electron chi connectivity index (χ4n) is 3.40. The van der Waals surface area contributed by atoms with E-state index in [-0.39, 0.29) is 23.5 Å². The van der Waals surface area contributed by atoms with Crippen LogP contribution in [0.1, 0.15) is 10.9 Å². The van der Waals surface area contributed by atoms with Gasteiger partial charge in [0.15, 0.2) is 11.0 Å². The molecule has 0 radical (unpaired) electrons. The van der Waals surface area contributed by atoms with Crippen LogP contribution in [0.15, 0.2) is 77.3 Å². The highest BCUT2D eigenvalue weighted by molar-refractivity contribution is 7.99. The van der Waals surface area contributed by atoms with Crippen molar-refractivity contribution in [3.05, 3.63) is 82.8 Å². The number of aromatic nitrogens is 3. The Morgan fingerprint density at radius 2 is 1.85 bits per heavy atom. The molecule has 1 N–H and O–H groups in total. The Kier molecular flexibility index (Phi) is 7.54. The van der Waals surface area contributed by atoms with Crippen LogP contribution < -0.4 is 5.32 Å². The molecule has 0 saturated heterocycles. The zero-order chi connectivity index (χ0) is 23.2. The minimum Gasteiger partial charge on any atom is -0.353 e. The second-order valence-electron chi connectivity index (χ2n) is 7.54. The highest BCUT2D eigenvalue weighted by Crippen LogP contribution is 2.29. The van der Waals surface area contributed by atoms with E-state index in [2.05, 4.69) is 26.5 Å². The van der Waals surface area contributed by atoms with Gasteiger partial charge in [-0.2, -0.15) is 0 Å². The van der Waals surface area contributed by atoms with Gasteiger partial charge in [-0.1, -0.05) is 48.2 Å². The van der Waals surface area contributed by atoms with E-state index < -0.39 is 0 Å². The molecule has 4 aromatic rings. The molecule has 0 spiro atoms. The van der Waals surface area contributed by atoms with Crippen LogP contribution in [0.25, 0.3) is 17.1 Å². The second kappa shape index (κ2) is 10.7. The van der Waals surface area contributed by atoms with Gasteiger partial charge in [0.05, 0.1) is 17.4 Å². The molecule has 4 rings (SSSR count). The lowest BCUT2D eigenvalue weighted by Crippen LogP contribution is -2.35. The number of benzene rings is 2. The maximum Gasteiger partial charge on any atom is 0.230 e. The number of hydrogen-bond acceptors (Lipinski definition) is 6. The monoisotopic (exact) mass is 481 g/mol. The zero-order valence-electron chi connectivity index (χ0n) is 18.3. The fourth-order valence-corrected chi connectivity index (χ4v) is 5.10. The van der Waals surface area contributed by atoms with E-state index in [9.17, 15) is 9.18 Å². The van der Waals surface area contributed by atoms with Crippen molar-refractivity contribution in [1.29, 1.82) is 0 Å². The van der Waals surface area contributed by atoms with Gasteiger partial charge in [0, 0.05) is 17.1 Å². The summed E-state index contributed by atoms with van der Waals surface area (Å²) in [6.07, 6.45) is 0. The van der Waals surface area contributed by atoms with E-state index in [4.69, 9.17) is 0 Å². The smallest absolute Gasteiger partial charge is 0.230 e. The maximum absolute atomic E-state index is 14.5. The summed E-state index contributed by atoms with van der Waals surface area (Å²) in [5.74, 6) is 0.0954. The van der Waals surface area contributed by atoms with Crippen molar-refractivity contribution in [2.45, 2.75) is 11.2 Å². The minimum atomic E-state index is -0.375. The van der Waals surface area contributed by atoms with Crippen LogP contribution >= 0.6 is 23.1 Å². The molecule has 1 amide bonds. The van der Waals surface area contributed by atoms with Gasteiger partial charge in [-0.15, -0.1) is 21.5 Å². The number of para-hydroxylation sites is 1. The molecule has 0 saturated carbocycles. The van der Waals surface area contributed by atoms with E-state index in [1.54, 1.807) is 34.1 Å². The first kappa shape index (κ1) is 23.2. The Bertz CT molecular complexity index is 1190. The fraction of sp³-hybridized carbons (Fsp3) is 0.208. The summed E-state index contributed by atoms with van der Waals surface area (Å²) in [4.78, 5) is 15.9. The molecule has 9 heteroatoms. The molecular formula is C24H24FN5OS2. The van der Waals surface area contributed by atoms with Crippen molar-refractivity contribution in [2.75, 3.05) is 26.4 Å². The Balaban J connectivity index is 1.50. The number of nitrogens with zero attached hydrogens (tertiary/aromatic N) is 4. The number of thioether (sulfide) groups is 1. The van der Waals surface area contributed by atoms with Crippen molar-refractivity contribution in [2.24, 2.45) is 0 Å². The number of thiophene rings is 1. The number of halogens is 1. The number of rotatable bonds is 9. The van der Waals surface area contributed by atoms with E-state index in [1.165, 1.54) is 22.7 Å². The van der Waals surface area contributed by atoms with Crippen LogP contribution in [0, 0.1) is 5.82 Å². The van der Waals surface area contributed by atoms with Crippen LogP contribution in [0.2, 0.25) is 0 Å². The number of amides is 1. The average molecular weight is 482 g/mol. The molecule has 1 unspecified atom stereocenters. The SMILES string of the molecule is CN(C)C(CNC(=O)CSc1nnc(-c2ccccc2F)n1-c1ccccc1)c1cccs1. The van der Waals surface area contributed by atoms with Crippen LogP contribution in [0.5, 0.6) is 0 Å². The maximum atomic E-state index is 14.5. The van der Waals surface area contributed by atoms with Gasteiger partial charge in [0.1, 0.15) is 5.82 Å². The summed E-state index contributed by atoms with van der Waals surface area (Å²) in [6, 6.07) is 20.2. The van der Waals surface area contributed by atoms with Crippen molar-refractivity contribution in [3.63, 3.8) is 0 Å². The van der Waals surface area contributed by atoms with Gasteiger partial charge in [0.25, 0.3) is 0 Å². The number of carbonyl (C=O) groups is 1. The third-order valence-corrected chi connectivity index (χ3v) is 6.98. The Morgan fingerprint density at radius 1 is 1.09 bits per heavy atom. The summed E-state index contributed by atoms with van der Waals surface area (Å²) in [7, 11) is 4.00. The predicted molar refractivity (Wildman–Crippen MR) is 131 cm³/mol. The molecule has 170 valence electrons. The third kappa shape index (κ3) is 5.50. The quantitative estimate of drug-likeness (QED) is 0.353. The number of hydrogen-bond donors (Lipinski definition) is 1. The Hall–Kier alpha value is -3.01. The van der Waals surface area contributed by atoms with Crippen molar-refractivity contribution in [3.8, 4) is 17.1 Å². The Morgan fingerprint density at radius 3 is 2.55 bits per heavy atom. The lowest BCUT2D eigenvalue weighted by atomic mass is 10.2. The molecule has 2 heterocycles. The number of nitrogens with one attached hydrogen (secondary N) is 1. The normalized spacial score (nSPS) is 12.1. The molecule has 0 bridgehead atoms. The molecular weight excluding hydrogens is 457 g/mol. The van der Waals surface area contributed by atoms with Crippen LogP contribution in [-0.2, 0) is 4.79 Å². The van der Waals surface area contributed by atoms with Gasteiger partial charge in [-0.05, 0) is 49.8 Å². The predicted octanol–water partition coefficient (Wildman–Crippen LogP) is 4.65. The topological polar surface area (TPSA) is 63.1 Å². The molecule has 2 aromatic carbocycles. The average Bonchev–Trinajstić information content (AvgIpc) is 3.49. The number of likely N-dealkylation sites (N-methyl/N-ethyl adjacent to an activating group) is 1. The number of carbonyl (C=O) groups excluding carboxylic acids is 1. The first-order chi connectivity index (χ1) is 16.0. The summed E-state index contributed by atoms with van der Waals surface area (Å²) in [6.45, 7) is 0.513. The summed E-state index contributed by atoms with van der Waals surface area (Å²) in [5, 5.41) is 14.1. The third-order valence-electron chi connectivity index (χ3n) is 5.08. The van der Waals surface area contributed by atoms with Crippen LogP contribution in [-0.4, -0.2) is 52.0 Å². The summed E-state index contributed by atoms with van der Waals surface area (Å²) < 4.78 is 16.3. The molecule has 6 nitrogen and oxygen atoms in total. The summed E-state index contributed by atoms with van der Waals surface area (Å²) >= 11 is 2.94. The molecule has 2 aromatic heterocycles. The van der Waals surface area contributed by atoms with E-state index >= 15 is 0 Å². The molecule has 0 aliphatic carbocycles. The largest absolute Gasteiger partial charge is 0.353 e. The van der Waals surface area contributed by atoms with E-state index in [0.717, 1.165) is 5.69 Å². The van der Waals surface area contributed by atoms with Crippen LogP contribution in [0.4, 0.5) is 4.39 Å². The second-order valence-corrected chi connectivity index (χ2v) is 9.47. The summed E-state index contributed by atoms with van der Waals surface area (Å²) in [5.41, 5.74) is 1.16. The van der Waals surface area contributed by atoms with Gasteiger partial charge in [0.2, 0.25) is 5.91 Å². The van der Waals surface area contributed by atoms with Gasteiger partial charge in [-0.25, -0.2) is 4.39 Å². The van der Waals surface area contributed by atoms with Gasteiger partial charge in [-0.3, -0.25) is 9.36 Å². The molecule has 33 heavy (non-hydrogen) atoms. The van der Waals surface area contributed by atoms with E-state index in [0.29, 0.717) is 23.1 Å². The lowest BCUT2D eigenvalue weighted by Gasteiger charge is -2.23. The van der Waals surface area contributed by atoms with E-state index in [1.807, 2.05) is 55.9 Å². The first-order valence-corrected chi connectivity index (χ1v) is 12.3. The standard InChI is InChI=1S/C24H24FN5OS2/c1-29(2)20(21-13-8-14-32-21)15-26-22(31)16-33-24-28-27-23(18-11-6-7-12-19(18)25)30(24)17-9-4-3-5-10-17/h3-14,20H,15-16H2,1-2H3,(H,26,31). The minimum absolute atomic E-state index is 0.0986. The lowest BCUT2D eigenvalue weighted by molar-refractivity contribution is -0.118.